The Morgan fingerprint density at radius 1 is 0.676 bits per heavy atom. The fourth-order valence-electron chi connectivity index (χ4n) is 8.94. The van der Waals surface area contributed by atoms with Crippen LogP contribution in [0.1, 0.15) is 89.5 Å². The van der Waals surface area contributed by atoms with E-state index in [1.807, 2.05) is 6.07 Å². The van der Waals surface area contributed by atoms with Gasteiger partial charge in [-0.05, 0) is 151 Å². The number of ether oxygens (including phenoxy) is 5. The van der Waals surface area contributed by atoms with E-state index in [9.17, 15) is 32.3 Å². The molecule has 0 spiro atoms. The van der Waals surface area contributed by atoms with Gasteiger partial charge >= 0.3 is 12.2 Å². The zero-order valence-electron chi connectivity index (χ0n) is 43.5. The van der Waals surface area contributed by atoms with Crippen molar-refractivity contribution in [2.45, 2.75) is 127 Å². The lowest BCUT2D eigenvalue weighted by Crippen LogP contribution is -2.51. The van der Waals surface area contributed by atoms with Crippen molar-refractivity contribution in [3.8, 4) is 0 Å². The van der Waals surface area contributed by atoms with Crippen molar-refractivity contribution in [2.75, 3.05) is 75.6 Å². The number of amides is 2. The smallest absolute Gasteiger partial charge is 0.407 e. The highest BCUT2D eigenvalue weighted by atomic mass is 19.1. The van der Waals surface area contributed by atoms with Crippen LogP contribution in [-0.4, -0.2) is 119 Å². The van der Waals surface area contributed by atoms with Crippen molar-refractivity contribution in [2.24, 2.45) is 5.73 Å². The number of nitrogens with zero attached hydrogens (tertiary/aromatic N) is 2. The number of aliphatic hydroxyl groups excluding tert-OH is 1. The predicted octanol–water partition coefficient (Wildman–Crippen LogP) is 8.15. The highest BCUT2D eigenvalue weighted by Crippen LogP contribution is 2.46. The lowest BCUT2D eigenvalue weighted by molar-refractivity contribution is 0.0417. The van der Waals surface area contributed by atoms with E-state index in [1.165, 1.54) is 35.5 Å². The number of rotatable bonds is 15. The number of hydrogen-bond acceptors (Lipinski definition) is 12. The molecule has 2 aliphatic carbocycles. The largest absolute Gasteiger partial charge is 0.444 e. The van der Waals surface area contributed by atoms with Crippen molar-refractivity contribution in [1.29, 1.82) is 0 Å². The third-order valence-electron chi connectivity index (χ3n) is 13.2. The third-order valence-corrected chi connectivity index (χ3v) is 13.2. The van der Waals surface area contributed by atoms with Gasteiger partial charge in [-0.1, -0.05) is 24.3 Å². The Morgan fingerprint density at radius 3 is 1.57 bits per heavy atom. The van der Waals surface area contributed by atoms with Gasteiger partial charge in [0.1, 0.15) is 40.6 Å². The minimum atomic E-state index is -1.03. The summed E-state index contributed by atoms with van der Waals surface area (Å²) in [7, 11) is 0. The molecule has 2 amide bonds. The standard InChI is InChI=1S/C28H37F2N3O4.C15H19F2NO3.C13H18N2O/c1-27(2,3)37-26(35)32-24(15-19-13-21(29)17-22(30)14-19)25(34)18-31-28(7-8-28)20-5-4-6-23(16-20)33-9-11-36-12-10-33;1-15(2,3)21-14(19)18-12(13-8-20-13)6-9-4-10(16)7-11(17)5-9;14-13(4-5-13)11-2-1-3-12(10-11)15-6-8-16-9-7-15/h4-6,13-14,16-17,24-25,31,34H,7-12,15,18H2,1-3H3,(H,32,35);4-5,7,12-13H,6,8H2,1-3H3,(H,18,19);1-3,10H,4-9,14H2. The number of anilines is 2. The second kappa shape index (κ2) is 24.4. The van der Waals surface area contributed by atoms with Crippen LogP contribution in [0.4, 0.5) is 38.5 Å². The van der Waals surface area contributed by atoms with Gasteiger partial charge in [0, 0.05) is 67.3 Å². The molecule has 5 aliphatic rings. The van der Waals surface area contributed by atoms with Crippen molar-refractivity contribution < 1.29 is 55.9 Å². The van der Waals surface area contributed by atoms with E-state index < -0.39 is 58.8 Å². The molecule has 4 aromatic rings. The second-order valence-corrected chi connectivity index (χ2v) is 21.8. The zero-order chi connectivity index (χ0) is 53.3. The third kappa shape index (κ3) is 17.6. The van der Waals surface area contributed by atoms with Gasteiger partial charge in [-0.15, -0.1) is 0 Å². The molecule has 6 N–H and O–H groups in total. The molecule has 14 nitrogen and oxygen atoms in total. The number of alkyl carbamates (subject to hydrolysis) is 2. The number of halogens is 4. The van der Waals surface area contributed by atoms with Crippen LogP contribution >= 0.6 is 0 Å². The number of benzene rings is 4. The lowest BCUT2D eigenvalue weighted by Gasteiger charge is -2.30. The molecule has 0 radical (unpaired) electrons. The molecule has 74 heavy (non-hydrogen) atoms. The number of nitrogens with one attached hydrogen (secondary N) is 3. The van der Waals surface area contributed by atoms with E-state index in [1.54, 1.807) is 41.5 Å². The van der Waals surface area contributed by atoms with Crippen molar-refractivity contribution in [3.63, 3.8) is 0 Å². The van der Waals surface area contributed by atoms with Crippen LogP contribution in [0.2, 0.25) is 0 Å². The van der Waals surface area contributed by atoms with Gasteiger partial charge in [0.25, 0.3) is 0 Å². The maximum atomic E-state index is 13.8. The van der Waals surface area contributed by atoms with E-state index in [4.69, 9.17) is 29.4 Å². The number of epoxide rings is 1. The average molecular weight is 1040 g/mol. The average Bonchev–Trinajstić information content (AvgIpc) is 4.22. The molecule has 404 valence electrons. The Kier molecular flexibility index (Phi) is 18.6. The van der Waals surface area contributed by atoms with Gasteiger partial charge in [-0.3, -0.25) is 0 Å². The van der Waals surface area contributed by atoms with Crippen LogP contribution < -0.4 is 31.5 Å². The van der Waals surface area contributed by atoms with E-state index in [0.29, 0.717) is 30.9 Å². The van der Waals surface area contributed by atoms with E-state index in [-0.39, 0.29) is 42.6 Å². The minimum Gasteiger partial charge on any atom is -0.444 e. The van der Waals surface area contributed by atoms with Gasteiger partial charge in [0.05, 0.1) is 51.2 Å². The molecule has 5 fully saturated rings. The van der Waals surface area contributed by atoms with Crippen LogP contribution in [-0.2, 0) is 47.6 Å². The molecule has 2 saturated carbocycles. The molecular formula is C56H74F4N6O8. The minimum absolute atomic E-state index is 0.0255. The second-order valence-electron chi connectivity index (χ2n) is 21.8. The summed E-state index contributed by atoms with van der Waals surface area (Å²) in [4.78, 5) is 29.0. The van der Waals surface area contributed by atoms with Crippen LogP contribution in [0, 0.1) is 23.3 Å². The van der Waals surface area contributed by atoms with Gasteiger partial charge < -0.3 is 60.3 Å². The topological polar surface area (TPSA) is 172 Å². The molecule has 3 heterocycles. The molecule has 3 saturated heterocycles. The molecule has 9 rings (SSSR count). The lowest BCUT2D eigenvalue weighted by atomic mass is 9.99. The molecule has 4 aromatic carbocycles. The summed E-state index contributed by atoms with van der Waals surface area (Å²) in [5.74, 6) is -2.71. The number of carbonyl (C=O) groups excluding carboxylic acids is 2. The zero-order valence-corrected chi connectivity index (χ0v) is 43.5. The van der Waals surface area contributed by atoms with Crippen molar-refractivity contribution >= 4 is 23.6 Å². The number of carbonyl (C=O) groups is 2. The van der Waals surface area contributed by atoms with Gasteiger partial charge in [-0.2, -0.15) is 0 Å². The Labute approximate surface area is 432 Å². The molecule has 4 unspecified atom stereocenters. The maximum absolute atomic E-state index is 13.8. The maximum Gasteiger partial charge on any atom is 0.407 e. The summed E-state index contributed by atoms with van der Waals surface area (Å²) in [6.07, 6.45) is 1.96. The van der Waals surface area contributed by atoms with Crippen LogP contribution in [0.3, 0.4) is 0 Å². The highest BCUT2D eigenvalue weighted by Gasteiger charge is 2.45. The Hall–Kier alpha value is -5.50. The fraction of sp³-hybridized carbons (Fsp3) is 0.536. The SMILES string of the molecule is CC(C)(C)OC(=O)NC(Cc1cc(F)cc(F)c1)C(O)CNC1(c2cccc(N3CCOCC3)c2)CC1.CC(C)(C)OC(=O)NC(Cc1cc(F)cc(F)c1)C1CO1.NC1(c2cccc(N3CCOCC3)c2)CC1. The summed E-state index contributed by atoms with van der Waals surface area (Å²) in [5.41, 5.74) is 10.3. The number of nitrogens with two attached hydrogens (primary N) is 1. The van der Waals surface area contributed by atoms with Crippen molar-refractivity contribution in [3.05, 3.63) is 130 Å². The summed E-state index contributed by atoms with van der Waals surface area (Å²) in [5, 5.41) is 20.0. The van der Waals surface area contributed by atoms with Crippen LogP contribution in [0.25, 0.3) is 0 Å². The van der Waals surface area contributed by atoms with Gasteiger partial charge in [0.15, 0.2) is 0 Å². The first-order chi connectivity index (χ1) is 35.0. The quantitative estimate of drug-likeness (QED) is 0.0573. The summed E-state index contributed by atoms with van der Waals surface area (Å²) in [6.45, 7) is 17.9. The van der Waals surface area contributed by atoms with E-state index in [2.05, 4.69) is 68.2 Å². The molecule has 0 aromatic heterocycles. The first-order valence-electron chi connectivity index (χ1n) is 25.6. The first kappa shape index (κ1) is 56.2. The van der Waals surface area contributed by atoms with E-state index in [0.717, 1.165) is 88.5 Å². The van der Waals surface area contributed by atoms with Crippen LogP contribution in [0.15, 0.2) is 84.9 Å². The van der Waals surface area contributed by atoms with E-state index >= 15 is 0 Å². The normalized spacial score (nSPS) is 19.8. The Balaban J connectivity index is 0.000000181. The summed E-state index contributed by atoms with van der Waals surface area (Å²) < 4.78 is 80.5. The van der Waals surface area contributed by atoms with Gasteiger partial charge in [0.2, 0.25) is 0 Å². The molecule has 4 atom stereocenters. The monoisotopic (exact) mass is 1030 g/mol. The molecule has 18 heteroatoms. The van der Waals surface area contributed by atoms with Crippen molar-refractivity contribution in [1.82, 2.24) is 16.0 Å². The number of morpholine rings is 2. The van der Waals surface area contributed by atoms with Crippen LogP contribution in [0.5, 0.6) is 0 Å². The Morgan fingerprint density at radius 2 is 1.12 bits per heavy atom. The first-order valence-corrected chi connectivity index (χ1v) is 25.6. The summed E-state index contributed by atoms with van der Waals surface area (Å²) >= 11 is 0. The summed E-state index contributed by atoms with van der Waals surface area (Å²) in [6, 6.07) is 22.4. The molecular weight excluding hydrogens is 961 g/mol. The molecule has 0 bridgehead atoms. The Bertz CT molecular complexity index is 2460. The molecule has 3 aliphatic heterocycles. The predicted molar refractivity (Wildman–Crippen MR) is 275 cm³/mol. The van der Waals surface area contributed by atoms with Gasteiger partial charge in [-0.25, -0.2) is 27.2 Å². The fourth-order valence-corrected chi connectivity index (χ4v) is 8.94. The number of aliphatic hydroxyl groups is 1. The number of hydrogen-bond donors (Lipinski definition) is 5. The highest BCUT2D eigenvalue weighted by molar-refractivity contribution is 5.69.